The van der Waals surface area contributed by atoms with Gasteiger partial charge in [-0.1, -0.05) is 38.1 Å². The van der Waals surface area contributed by atoms with E-state index in [4.69, 9.17) is 9.84 Å². The standard InChI is InChI=1S/C37H51FN4O3/c1-7-42-34(21-31(39-42)19-26-11-13-32(14-12-26)45-37(4,5)6)27-15-17-40(18-16-27)22-29-23-41(35(25(2)3)36(43)44)24-33(29)28-9-8-10-30(38)20-28/h8-14,20-21,25,27,29,33,35H,7,15-19,22-24H2,1-6H3,(H,43,44)/t29?,33?,35-/m1/s1. The Morgan fingerprint density at radius 2 is 1.78 bits per heavy atom. The first-order valence-corrected chi connectivity index (χ1v) is 16.7. The number of nitrogens with zero attached hydrogens (tertiary/aromatic N) is 4. The normalized spacial score (nSPS) is 21.0. The van der Waals surface area contributed by atoms with Crippen molar-refractivity contribution in [1.82, 2.24) is 19.6 Å². The Labute approximate surface area is 268 Å². The summed E-state index contributed by atoms with van der Waals surface area (Å²) in [6.07, 6.45) is 2.92. The Kier molecular flexibility index (Phi) is 10.3. The number of benzene rings is 2. The summed E-state index contributed by atoms with van der Waals surface area (Å²) >= 11 is 0. The predicted octanol–water partition coefficient (Wildman–Crippen LogP) is 6.81. The highest BCUT2D eigenvalue weighted by atomic mass is 19.1. The van der Waals surface area contributed by atoms with Gasteiger partial charge in [-0.05, 0) is 107 Å². The Morgan fingerprint density at radius 3 is 2.38 bits per heavy atom. The Balaban J connectivity index is 1.23. The lowest BCUT2D eigenvalue weighted by Crippen LogP contribution is -2.44. The monoisotopic (exact) mass is 618 g/mol. The van der Waals surface area contributed by atoms with Crippen molar-refractivity contribution in [2.45, 2.75) is 90.8 Å². The van der Waals surface area contributed by atoms with Gasteiger partial charge in [-0.2, -0.15) is 5.10 Å². The molecule has 244 valence electrons. The van der Waals surface area contributed by atoms with E-state index in [1.807, 2.05) is 32.0 Å². The zero-order valence-electron chi connectivity index (χ0n) is 27.9. The molecule has 8 heteroatoms. The van der Waals surface area contributed by atoms with E-state index in [1.54, 1.807) is 12.1 Å². The van der Waals surface area contributed by atoms with Crippen LogP contribution in [-0.2, 0) is 17.8 Å². The van der Waals surface area contributed by atoms with Crippen molar-refractivity contribution < 1.29 is 19.0 Å². The van der Waals surface area contributed by atoms with Gasteiger partial charge in [0, 0.05) is 50.1 Å². The van der Waals surface area contributed by atoms with Crippen LogP contribution in [0.3, 0.4) is 0 Å². The van der Waals surface area contributed by atoms with Gasteiger partial charge in [0.15, 0.2) is 0 Å². The van der Waals surface area contributed by atoms with E-state index in [0.29, 0.717) is 19.0 Å². The second-order valence-corrected chi connectivity index (χ2v) is 14.4. The predicted molar refractivity (Wildman–Crippen MR) is 176 cm³/mol. The second kappa shape index (κ2) is 14.0. The van der Waals surface area contributed by atoms with E-state index in [-0.39, 0.29) is 29.2 Å². The van der Waals surface area contributed by atoms with Crippen molar-refractivity contribution in [3.05, 3.63) is 82.9 Å². The first-order valence-electron chi connectivity index (χ1n) is 16.7. The van der Waals surface area contributed by atoms with Crippen molar-refractivity contribution in [2.24, 2.45) is 11.8 Å². The van der Waals surface area contributed by atoms with E-state index in [2.05, 4.69) is 60.4 Å². The molecule has 1 aromatic heterocycles. The lowest BCUT2D eigenvalue weighted by molar-refractivity contribution is -0.144. The molecular weight excluding hydrogens is 567 g/mol. The summed E-state index contributed by atoms with van der Waals surface area (Å²) < 4.78 is 22.4. The van der Waals surface area contributed by atoms with Gasteiger partial charge in [-0.25, -0.2) is 4.39 Å². The van der Waals surface area contributed by atoms with Crippen LogP contribution in [0, 0.1) is 17.7 Å². The number of aryl methyl sites for hydroxylation is 1. The first-order chi connectivity index (χ1) is 21.4. The molecule has 0 bridgehead atoms. The number of hydrogen-bond acceptors (Lipinski definition) is 5. The lowest BCUT2D eigenvalue weighted by Gasteiger charge is -2.35. The van der Waals surface area contributed by atoms with Gasteiger partial charge in [0.25, 0.3) is 0 Å². The van der Waals surface area contributed by atoms with Gasteiger partial charge < -0.3 is 14.7 Å². The van der Waals surface area contributed by atoms with Crippen LogP contribution in [0.1, 0.15) is 88.7 Å². The number of hydrogen-bond donors (Lipinski definition) is 1. The first kappa shape index (κ1) is 33.1. The summed E-state index contributed by atoms with van der Waals surface area (Å²) in [6.45, 7) is 17.3. The van der Waals surface area contributed by atoms with Gasteiger partial charge in [0.1, 0.15) is 23.2 Å². The summed E-state index contributed by atoms with van der Waals surface area (Å²) in [7, 11) is 0. The molecule has 5 rings (SSSR count). The van der Waals surface area contributed by atoms with Gasteiger partial charge in [-0.3, -0.25) is 14.4 Å². The molecule has 3 heterocycles. The summed E-state index contributed by atoms with van der Waals surface area (Å²) in [5, 5.41) is 15.0. The van der Waals surface area contributed by atoms with Crippen LogP contribution in [0.5, 0.6) is 5.75 Å². The van der Waals surface area contributed by atoms with E-state index < -0.39 is 12.0 Å². The zero-order chi connectivity index (χ0) is 32.3. The number of halogens is 1. The zero-order valence-corrected chi connectivity index (χ0v) is 27.9. The minimum Gasteiger partial charge on any atom is -0.488 e. The molecule has 7 nitrogen and oxygen atoms in total. The second-order valence-electron chi connectivity index (χ2n) is 14.4. The van der Waals surface area contributed by atoms with Crippen LogP contribution in [0.25, 0.3) is 0 Å². The molecule has 45 heavy (non-hydrogen) atoms. The fourth-order valence-electron chi connectivity index (χ4n) is 7.43. The molecule has 0 amide bonds. The molecule has 2 saturated heterocycles. The maximum absolute atomic E-state index is 14.2. The van der Waals surface area contributed by atoms with Gasteiger partial charge in [-0.15, -0.1) is 0 Å². The largest absolute Gasteiger partial charge is 0.488 e. The van der Waals surface area contributed by atoms with Gasteiger partial charge in [0.2, 0.25) is 0 Å². The van der Waals surface area contributed by atoms with Crippen molar-refractivity contribution in [1.29, 1.82) is 0 Å². The number of ether oxygens (including phenoxy) is 1. The number of rotatable bonds is 11. The van der Waals surface area contributed by atoms with E-state index in [1.165, 1.54) is 17.3 Å². The number of carboxylic acids is 1. The third kappa shape index (κ3) is 8.33. The highest BCUT2D eigenvalue weighted by Crippen LogP contribution is 2.37. The molecule has 0 saturated carbocycles. The molecule has 0 spiro atoms. The number of likely N-dealkylation sites (tertiary alicyclic amines) is 2. The molecule has 2 unspecified atom stereocenters. The quantitative estimate of drug-likeness (QED) is 0.255. The third-order valence-corrected chi connectivity index (χ3v) is 9.42. The number of aliphatic carboxylic acids is 1. The topological polar surface area (TPSA) is 70.8 Å². The fraction of sp³-hybridized carbons (Fsp3) is 0.568. The Hall–Kier alpha value is -3.23. The van der Waals surface area contributed by atoms with Crippen LogP contribution in [0.4, 0.5) is 4.39 Å². The Bertz CT molecular complexity index is 1420. The van der Waals surface area contributed by atoms with Gasteiger partial charge in [0.05, 0.1) is 5.69 Å². The van der Waals surface area contributed by atoms with E-state index >= 15 is 0 Å². The molecule has 2 aromatic carbocycles. The molecule has 1 N–H and O–H groups in total. The van der Waals surface area contributed by atoms with Crippen molar-refractivity contribution in [3.8, 4) is 5.75 Å². The SMILES string of the molecule is CCn1nc(Cc2ccc(OC(C)(C)C)cc2)cc1C1CCN(CC2CN([C@@H](C(=O)O)C(C)C)CC2c2cccc(F)c2)CC1. The third-order valence-electron chi connectivity index (χ3n) is 9.42. The smallest absolute Gasteiger partial charge is 0.321 e. The number of aromatic nitrogens is 2. The van der Waals surface area contributed by atoms with Crippen molar-refractivity contribution in [2.75, 3.05) is 32.7 Å². The molecule has 0 aliphatic carbocycles. The molecular formula is C37H51FN4O3. The van der Waals surface area contributed by atoms with E-state index in [9.17, 15) is 14.3 Å². The van der Waals surface area contributed by atoms with Crippen LogP contribution in [0.2, 0.25) is 0 Å². The molecule has 3 aromatic rings. The molecule has 2 aliphatic rings. The lowest BCUT2D eigenvalue weighted by atomic mass is 9.87. The van der Waals surface area contributed by atoms with Crippen LogP contribution in [-0.4, -0.2) is 75.0 Å². The molecule has 2 aliphatic heterocycles. The minimum atomic E-state index is -0.775. The maximum Gasteiger partial charge on any atom is 0.321 e. The number of piperidine rings is 1. The molecule has 3 atom stereocenters. The number of carboxylic acid groups (broad SMARTS) is 1. The van der Waals surface area contributed by atoms with Crippen LogP contribution < -0.4 is 4.74 Å². The maximum atomic E-state index is 14.2. The summed E-state index contributed by atoms with van der Waals surface area (Å²) in [6, 6.07) is 17.0. The fourth-order valence-corrected chi connectivity index (χ4v) is 7.43. The molecule has 0 radical (unpaired) electrons. The average molecular weight is 619 g/mol. The van der Waals surface area contributed by atoms with E-state index in [0.717, 1.165) is 62.4 Å². The number of carbonyl (C=O) groups is 1. The Morgan fingerprint density at radius 1 is 1.07 bits per heavy atom. The van der Waals surface area contributed by atoms with Crippen molar-refractivity contribution >= 4 is 5.97 Å². The molecule has 2 fully saturated rings. The van der Waals surface area contributed by atoms with Crippen molar-refractivity contribution in [3.63, 3.8) is 0 Å². The highest BCUT2D eigenvalue weighted by Gasteiger charge is 2.41. The van der Waals surface area contributed by atoms with Crippen LogP contribution >= 0.6 is 0 Å². The van der Waals surface area contributed by atoms with Gasteiger partial charge >= 0.3 is 5.97 Å². The average Bonchev–Trinajstić information content (AvgIpc) is 3.57. The minimum absolute atomic E-state index is 0.000286. The summed E-state index contributed by atoms with van der Waals surface area (Å²) in [4.78, 5) is 16.8. The summed E-state index contributed by atoms with van der Waals surface area (Å²) in [5.41, 5.74) is 4.40. The van der Waals surface area contributed by atoms with Crippen LogP contribution in [0.15, 0.2) is 54.6 Å². The highest BCUT2D eigenvalue weighted by molar-refractivity contribution is 5.73. The summed E-state index contributed by atoms with van der Waals surface area (Å²) in [5.74, 6) is 0.688.